The van der Waals surface area contributed by atoms with Crippen LogP contribution in [0.15, 0.2) is 36.4 Å². The van der Waals surface area contributed by atoms with Crippen LogP contribution in [0, 0.1) is 19.8 Å². The Morgan fingerprint density at radius 3 is 2.56 bits per heavy atom. The zero-order valence-corrected chi connectivity index (χ0v) is 20.5. The van der Waals surface area contributed by atoms with Crippen LogP contribution in [-0.2, 0) is 20.8 Å². The van der Waals surface area contributed by atoms with Crippen LogP contribution < -0.4 is 14.8 Å². The number of hydrogen-bond acceptors (Lipinski definition) is 5. The lowest BCUT2D eigenvalue weighted by atomic mass is 10.1. The molecule has 2 aromatic carbocycles. The quantitative estimate of drug-likeness (QED) is 0.613. The maximum absolute atomic E-state index is 12.9. The summed E-state index contributed by atoms with van der Waals surface area (Å²) in [5.74, 6) is 0.334. The van der Waals surface area contributed by atoms with Crippen molar-refractivity contribution >= 4 is 23.4 Å². The van der Waals surface area contributed by atoms with Gasteiger partial charge in [0.2, 0.25) is 17.7 Å². The second kappa shape index (κ2) is 11.0. The molecule has 34 heavy (non-hydrogen) atoms. The summed E-state index contributed by atoms with van der Waals surface area (Å²) in [6.45, 7) is 4.72. The number of carbonyl (C=O) groups excluding carboxylic acids is 3. The number of carbonyl (C=O) groups is 3. The Kier molecular flexibility index (Phi) is 8.15. The smallest absolute Gasteiger partial charge is 0.243 e. The van der Waals surface area contributed by atoms with Gasteiger partial charge in [-0.3, -0.25) is 14.4 Å². The summed E-state index contributed by atoms with van der Waals surface area (Å²) in [4.78, 5) is 41.0. The third-order valence-electron chi connectivity index (χ3n) is 6.32. The Bertz CT molecular complexity index is 1070. The lowest BCUT2D eigenvalue weighted by Crippen LogP contribution is -2.39. The van der Waals surface area contributed by atoms with E-state index in [1.165, 1.54) is 4.90 Å². The summed E-state index contributed by atoms with van der Waals surface area (Å²) in [7, 11) is 4.77. The molecular formula is C26H33N3O5. The number of ether oxygens (including phenoxy) is 2. The highest BCUT2D eigenvalue weighted by Gasteiger charge is 2.35. The molecular weight excluding hydrogens is 434 g/mol. The van der Waals surface area contributed by atoms with E-state index in [-0.39, 0.29) is 30.7 Å². The maximum Gasteiger partial charge on any atom is 0.243 e. The lowest BCUT2D eigenvalue weighted by Gasteiger charge is -2.21. The molecule has 0 aliphatic carbocycles. The number of amides is 3. The molecule has 1 saturated heterocycles. The number of nitrogens with one attached hydrogen (secondary N) is 1. The predicted octanol–water partition coefficient (Wildman–Crippen LogP) is 2.81. The summed E-state index contributed by atoms with van der Waals surface area (Å²) in [6.07, 6.45) is 0.800. The summed E-state index contributed by atoms with van der Waals surface area (Å²) < 4.78 is 10.6. The number of benzene rings is 2. The van der Waals surface area contributed by atoms with Crippen molar-refractivity contribution in [3.05, 3.63) is 53.1 Å². The van der Waals surface area contributed by atoms with Gasteiger partial charge in [-0.25, -0.2) is 0 Å². The van der Waals surface area contributed by atoms with Crippen LogP contribution in [0.1, 0.15) is 23.1 Å². The van der Waals surface area contributed by atoms with Crippen LogP contribution >= 0.6 is 0 Å². The van der Waals surface area contributed by atoms with Crippen molar-refractivity contribution in [1.82, 2.24) is 9.80 Å². The molecule has 8 nitrogen and oxygen atoms in total. The molecule has 0 spiro atoms. The van der Waals surface area contributed by atoms with Crippen molar-refractivity contribution in [2.24, 2.45) is 5.92 Å². The van der Waals surface area contributed by atoms with Crippen molar-refractivity contribution in [1.29, 1.82) is 0 Å². The fraction of sp³-hybridized carbons (Fsp3) is 0.423. The van der Waals surface area contributed by atoms with Crippen molar-refractivity contribution < 1.29 is 23.9 Å². The minimum Gasteiger partial charge on any atom is -0.493 e. The summed E-state index contributed by atoms with van der Waals surface area (Å²) in [6, 6.07) is 11.4. The zero-order chi connectivity index (χ0) is 24.8. The van der Waals surface area contributed by atoms with E-state index in [2.05, 4.69) is 5.32 Å². The molecule has 1 fully saturated rings. The first kappa shape index (κ1) is 25.1. The number of methoxy groups -OCH3 is 2. The Morgan fingerprint density at radius 2 is 1.85 bits per heavy atom. The van der Waals surface area contributed by atoms with E-state index < -0.39 is 5.92 Å². The normalized spacial score (nSPS) is 15.3. The number of rotatable bonds is 9. The van der Waals surface area contributed by atoms with Crippen LogP contribution in [0.5, 0.6) is 11.5 Å². The molecule has 1 atom stereocenters. The Morgan fingerprint density at radius 1 is 1.12 bits per heavy atom. The van der Waals surface area contributed by atoms with Gasteiger partial charge in [0.15, 0.2) is 11.5 Å². The van der Waals surface area contributed by atoms with E-state index in [0.717, 1.165) is 22.4 Å². The van der Waals surface area contributed by atoms with Gasteiger partial charge >= 0.3 is 0 Å². The summed E-state index contributed by atoms with van der Waals surface area (Å²) in [5, 5.41) is 2.87. The van der Waals surface area contributed by atoms with Gasteiger partial charge in [0, 0.05) is 32.2 Å². The molecule has 8 heteroatoms. The maximum atomic E-state index is 12.9. The van der Waals surface area contributed by atoms with Crippen molar-refractivity contribution in [2.45, 2.75) is 26.7 Å². The number of hydrogen-bond donors (Lipinski definition) is 1. The number of nitrogens with zero attached hydrogens (tertiary/aromatic N) is 2. The Balaban J connectivity index is 1.52. The predicted molar refractivity (Wildman–Crippen MR) is 130 cm³/mol. The third kappa shape index (κ3) is 5.87. The van der Waals surface area contributed by atoms with Gasteiger partial charge in [-0.2, -0.15) is 0 Å². The SMILES string of the molecule is COc1ccc(CCN2CC(C(=O)N(C)CC(=O)Nc3cccc(C)c3C)CC2=O)cc1OC. The van der Waals surface area contributed by atoms with E-state index in [4.69, 9.17) is 9.47 Å². The fourth-order valence-corrected chi connectivity index (χ4v) is 4.14. The van der Waals surface area contributed by atoms with E-state index in [9.17, 15) is 14.4 Å². The van der Waals surface area contributed by atoms with E-state index in [1.807, 2.05) is 50.2 Å². The molecule has 3 rings (SSSR count). The topological polar surface area (TPSA) is 88.2 Å². The first-order valence-electron chi connectivity index (χ1n) is 11.3. The summed E-state index contributed by atoms with van der Waals surface area (Å²) in [5.41, 5.74) is 3.83. The largest absolute Gasteiger partial charge is 0.493 e. The molecule has 0 bridgehead atoms. The van der Waals surface area contributed by atoms with Gasteiger partial charge in [-0.05, 0) is 55.2 Å². The van der Waals surface area contributed by atoms with Crippen LogP contribution in [0.25, 0.3) is 0 Å². The average Bonchev–Trinajstić information content (AvgIpc) is 3.20. The van der Waals surface area contributed by atoms with Crippen molar-refractivity contribution in [2.75, 3.05) is 46.2 Å². The lowest BCUT2D eigenvalue weighted by molar-refractivity contribution is -0.137. The average molecular weight is 468 g/mol. The first-order chi connectivity index (χ1) is 16.2. The van der Waals surface area contributed by atoms with Crippen LogP contribution in [0.4, 0.5) is 5.69 Å². The van der Waals surface area contributed by atoms with Crippen LogP contribution in [0.3, 0.4) is 0 Å². The molecule has 1 unspecified atom stereocenters. The third-order valence-corrected chi connectivity index (χ3v) is 6.32. The standard InChI is InChI=1S/C26H33N3O5/c1-17-7-6-8-21(18(17)2)27-24(30)16-28(3)26(32)20-14-25(31)29(15-20)12-11-19-9-10-22(33-4)23(13-19)34-5/h6-10,13,20H,11-12,14-16H2,1-5H3,(H,27,30). The molecule has 1 N–H and O–H groups in total. The highest BCUT2D eigenvalue weighted by Crippen LogP contribution is 2.28. The minimum atomic E-state index is -0.448. The van der Waals surface area contributed by atoms with Gasteiger partial charge in [0.05, 0.1) is 26.7 Å². The summed E-state index contributed by atoms with van der Waals surface area (Å²) >= 11 is 0. The van der Waals surface area contributed by atoms with Crippen molar-refractivity contribution in [3.8, 4) is 11.5 Å². The highest BCUT2D eigenvalue weighted by atomic mass is 16.5. The van der Waals surface area contributed by atoms with E-state index in [1.54, 1.807) is 26.2 Å². The molecule has 0 radical (unpaired) electrons. The number of anilines is 1. The number of likely N-dealkylation sites (tertiary alicyclic amines) is 1. The molecule has 0 saturated carbocycles. The van der Waals surface area contributed by atoms with Gasteiger partial charge < -0.3 is 24.6 Å². The highest BCUT2D eigenvalue weighted by molar-refractivity contribution is 5.96. The van der Waals surface area contributed by atoms with Gasteiger partial charge in [0.1, 0.15) is 0 Å². The van der Waals surface area contributed by atoms with E-state index in [0.29, 0.717) is 31.0 Å². The van der Waals surface area contributed by atoms with Gasteiger partial charge in [-0.15, -0.1) is 0 Å². The molecule has 1 aliphatic heterocycles. The van der Waals surface area contributed by atoms with Gasteiger partial charge in [-0.1, -0.05) is 18.2 Å². The molecule has 182 valence electrons. The second-order valence-electron chi connectivity index (χ2n) is 8.67. The Labute approximate surface area is 200 Å². The van der Waals surface area contributed by atoms with Gasteiger partial charge in [0.25, 0.3) is 0 Å². The van der Waals surface area contributed by atoms with E-state index >= 15 is 0 Å². The monoisotopic (exact) mass is 467 g/mol. The van der Waals surface area contributed by atoms with Crippen molar-refractivity contribution in [3.63, 3.8) is 0 Å². The fourth-order valence-electron chi connectivity index (χ4n) is 4.14. The Hall–Kier alpha value is -3.55. The van der Waals surface area contributed by atoms with Crippen LogP contribution in [-0.4, -0.2) is 68.4 Å². The molecule has 3 amide bonds. The molecule has 1 heterocycles. The molecule has 1 aliphatic rings. The van der Waals surface area contributed by atoms with Crippen LogP contribution in [0.2, 0.25) is 0 Å². The zero-order valence-electron chi connectivity index (χ0n) is 20.5. The molecule has 2 aromatic rings. The first-order valence-corrected chi connectivity index (χ1v) is 11.3. The molecule has 0 aromatic heterocycles. The number of likely N-dealkylation sites (N-methyl/N-ethyl adjacent to an activating group) is 1. The number of aryl methyl sites for hydroxylation is 1. The second-order valence-corrected chi connectivity index (χ2v) is 8.67. The minimum absolute atomic E-state index is 0.0490.